The van der Waals surface area contributed by atoms with E-state index in [2.05, 4.69) is 33.9 Å². The lowest BCUT2D eigenvalue weighted by atomic mass is 9.47. The van der Waals surface area contributed by atoms with Crippen LogP contribution >= 0.6 is 0 Å². The second-order valence-electron chi connectivity index (χ2n) is 8.75. The van der Waals surface area contributed by atoms with Crippen molar-refractivity contribution >= 4 is 0 Å². The molecule has 2 aliphatic rings. The molecule has 1 heteroatoms. The lowest BCUT2D eigenvalue weighted by Crippen LogP contribution is -2.49. The van der Waals surface area contributed by atoms with Crippen LogP contribution in [0.15, 0.2) is 24.8 Å². The van der Waals surface area contributed by atoms with Crippen molar-refractivity contribution in [1.82, 2.24) is 0 Å². The van der Waals surface area contributed by atoms with Crippen LogP contribution in [0.2, 0.25) is 0 Å². The highest BCUT2D eigenvalue weighted by Gasteiger charge is 2.52. The molecule has 0 aromatic rings. The summed E-state index contributed by atoms with van der Waals surface area (Å²) in [4.78, 5) is 0. The van der Waals surface area contributed by atoms with E-state index in [1.807, 2.05) is 6.92 Å². The number of allylic oxidation sites excluding steroid dienone is 1. The molecular weight excluding hydrogens is 256 g/mol. The van der Waals surface area contributed by atoms with Crippen LogP contribution in [-0.2, 0) is 0 Å². The van der Waals surface area contributed by atoms with Crippen molar-refractivity contribution in [3.8, 4) is 0 Å². The molecule has 0 spiro atoms. The minimum Gasteiger partial charge on any atom is -0.386 e. The largest absolute Gasteiger partial charge is 0.386 e. The summed E-state index contributed by atoms with van der Waals surface area (Å²) in [5.41, 5.74) is 1.50. The van der Waals surface area contributed by atoms with Gasteiger partial charge >= 0.3 is 0 Å². The van der Waals surface area contributed by atoms with Crippen molar-refractivity contribution in [3.63, 3.8) is 0 Å². The first-order valence-corrected chi connectivity index (χ1v) is 8.66. The van der Waals surface area contributed by atoms with Gasteiger partial charge in [0.2, 0.25) is 0 Å². The highest BCUT2D eigenvalue weighted by molar-refractivity contribution is 5.16. The van der Waals surface area contributed by atoms with Crippen molar-refractivity contribution in [1.29, 1.82) is 0 Å². The predicted molar refractivity (Wildman–Crippen MR) is 91.1 cm³/mol. The maximum absolute atomic E-state index is 10.3. The van der Waals surface area contributed by atoms with Gasteiger partial charge in [0.15, 0.2) is 0 Å². The number of rotatable bonds is 4. The van der Waals surface area contributed by atoms with Crippen molar-refractivity contribution in [2.45, 2.75) is 78.2 Å². The lowest BCUT2D eigenvalue weighted by Gasteiger charge is -2.58. The molecule has 0 aromatic carbocycles. The van der Waals surface area contributed by atoms with Crippen LogP contribution in [0.4, 0.5) is 0 Å². The number of aliphatic hydroxyl groups is 1. The van der Waals surface area contributed by atoms with E-state index >= 15 is 0 Å². The van der Waals surface area contributed by atoms with Crippen molar-refractivity contribution in [3.05, 3.63) is 24.8 Å². The molecule has 1 nitrogen and oxygen atoms in total. The number of fused-ring (bicyclic) bond motifs is 1. The Morgan fingerprint density at radius 3 is 2.62 bits per heavy atom. The molecule has 21 heavy (non-hydrogen) atoms. The molecule has 1 N–H and O–H groups in total. The fourth-order valence-electron chi connectivity index (χ4n) is 5.35. The molecule has 0 saturated heterocycles. The van der Waals surface area contributed by atoms with E-state index < -0.39 is 5.60 Å². The quantitative estimate of drug-likeness (QED) is 0.678. The van der Waals surface area contributed by atoms with E-state index in [-0.39, 0.29) is 0 Å². The van der Waals surface area contributed by atoms with Crippen molar-refractivity contribution in [2.24, 2.45) is 22.7 Å². The molecule has 2 aliphatic carbocycles. The summed E-state index contributed by atoms with van der Waals surface area (Å²) >= 11 is 0. The van der Waals surface area contributed by atoms with Gasteiger partial charge in [-0.25, -0.2) is 0 Å². The Balaban J connectivity index is 2.21. The fourth-order valence-corrected chi connectivity index (χ4v) is 5.35. The molecule has 0 heterocycles. The van der Waals surface area contributed by atoms with Gasteiger partial charge in [-0.1, -0.05) is 45.4 Å². The Kier molecular flexibility index (Phi) is 4.46. The second-order valence-corrected chi connectivity index (χ2v) is 8.75. The van der Waals surface area contributed by atoms with Gasteiger partial charge in [0.1, 0.15) is 0 Å². The average Bonchev–Trinajstić information content (AvgIpc) is 2.36. The van der Waals surface area contributed by atoms with E-state index in [0.29, 0.717) is 16.7 Å². The van der Waals surface area contributed by atoms with Gasteiger partial charge < -0.3 is 5.11 Å². The van der Waals surface area contributed by atoms with E-state index in [4.69, 9.17) is 0 Å². The van der Waals surface area contributed by atoms with Gasteiger partial charge in [-0.15, -0.1) is 6.58 Å². The van der Waals surface area contributed by atoms with Gasteiger partial charge in [0.25, 0.3) is 0 Å². The second kappa shape index (κ2) is 5.57. The molecule has 2 fully saturated rings. The molecule has 0 amide bonds. The zero-order valence-electron chi connectivity index (χ0n) is 14.5. The molecule has 0 bridgehead atoms. The van der Waals surface area contributed by atoms with Gasteiger partial charge in [0, 0.05) is 0 Å². The highest BCUT2D eigenvalue weighted by Crippen LogP contribution is 2.61. The van der Waals surface area contributed by atoms with Gasteiger partial charge in [-0.3, -0.25) is 0 Å². The predicted octanol–water partition coefficient (Wildman–Crippen LogP) is 5.50. The zero-order chi connectivity index (χ0) is 15.9. The lowest BCUT2D eigenvalue weighted by molar-refractivity contribution is -0.0583. The van der Waals surface area contributed by atoms with E-state index in [1.165, 1.54) is 37.7 Å². The third kappa shape index (κ3) is 3.13. The summed E-state index contributed by atoms with van der Waals surface area (Å²) in [6, 6.07) is 0. The Labute approximate surface area is 131 Å². The van der Waals surface area contributed by atoms with E-state index in [9.17, 15) is 5.11 Å². The van der Waals surface area contributed by atoms with E-state index in [0.717, 1.165) is 18.8 Å². The smallest absolute Gasteiger partial charge is 0.0797 e. The van der Waals surface area contributed by atoms with Crippen LogP contribution in [0, 0.1) is 22.7 Å². The van der Waals surface area contributed by atoms with Crippen molar-refractivity contribution < 1.29 is 5.11 Å². The molecular formula is C20H34O. The monoisotopic (exact) mass is 290 g/mol. The normalized spacial score (nSPS) is 38.4. The van der Waals surface area contributed by atoms with Crippen LogP contribution in [0.25, 0.3) is 0 Å². The van der Waals surface area contributed by atoms with Crippen molar-refractivity contribution in [2.75, 3.05) is 0 Å². The van der Waals surface area contributed by atoms with E-state index in [1.54, 1.807) is 6.08 Å². The average molecular weight is 290 g/mol. The summed E-state index contributed by atoms with van der Waals surface area (Å²) in [6.07, 6.45) is 10.0. The molecule has 2 rings (SSSR count). The van der Waals surface area contributed by atoms with Gasteiger partial charge in [-0.2, -0.15) is 0 Å². The van der Waals surface area contributed by atoms with Crippen LogP contribution in [0.1, 0.15) is 72.6 Å². The Morgan fingerprint density at radius 2 is 2.00 bits per heavy atom. The van der Waals surface area contributed by atoms with Gasteiger partial charge in [0.05, 0.1) is 5.60 Å². The highest BCUT2D eigenvalue weighted by atomic mass is 16.3. The third-order valence-corrected chi connectivity index (χ3v) is 6.70. The molecule has 0 aliphatic heterocycles. The Hall–Kier alpha value is -0.560. The minimum atomic E-state index is -0.742. The molecule has 120 valence electrons. The summed E-state index contributed by atoms with van der Waals surface area (Å²) in [7, 11) is 0. The Bertz CT molecular complexity index is 418. The first-order chi connectivity index (χ1) is 9.62. The van der Waals surface area contributed by atoms with Crippen LogP contribution in [0.5, 0.6) is 0 Å². The Morgan fingerprint density at radius 1 is 1.33 bits per heavy atom. The molecule has 2 saturated carbocycles. The first kappa shape index (κ1) is 16.8. The summed E-state index contributed by atoms with van der Waals surface area (Å²) < 4.78 is 0. The topological polar surface area (TPSA) is 20.2 Å². The number of hydrogen-bond acceptors (Lipinski definition) is 1. The molecule has 4 atom stereocenters. The summed E-state index contributed by atoms with van der Waals surface area (Å²) in [5, 5.41) is 10.3. The SMILES string of the molecule is C=C[C@](C)(O)CC[C@@H]1C(=C)CC[C@@H]2C(C)(C)CCC[C@@]12C. The maximum atomic E-state index is 10.3. The van der Waals surface area contributed by atoms with Crippen LogP contribution in [0.3, 0.4) is 0 Å². The third-order valence-electron chi connectivity index (χ3n) is 6.70. The molecule has 0 unspecified atom stereocenters. The summed E-state index contributed by atoms with van der Waals surface area (Å²) in [5.74, 6) is 1.35. The first-order valence-electron chi connectivity index (χ1n) is 8.66. The van der Waals surface area contributed by atoms with Crippen LogP contribution < -0.4 is 0 Å². The van der Waals surface area contributed by atoms with Crippen LogP contribution in [-0.4, -0.2) is 10.7 Å². The zero-order valence-corrected chi connectivity index (χ0v) is 14.5. The van der Waals surface area contributed by atoms with Gasteiger partial charge in [-0.05, 0) is 68.1 Å². The molecule has 0 aromatic heterocycles. The number of hydrogen-bond donors (Lipinski definition) is 1. The maximum Gasteiger partial charge on any atom is 0.0797 e. The standard InChI is InChI=1S/C20H34O/c1-7-19(5,21)14-11-16-15(2)9-10-17-18(3,4)12-8-13-20(16,17)6/h7,16-17,21H,1-2,8-14H2,3-6H3/t16-,17-,19+,20+/m1/s1. The molecule has 0 radical (unpaired) electrons. The fraction of sp³-hybridized carbons (Fsp3) is 0.800. The minimum absolute atomic E-state index is 0.369. The summed E-state index contributed by atoms with van der Waals surface area (Å²) in [6.45, 7) is 17.4.